The van der Waals surface area contributed by atoms with E-state index in [1.54, 1.807) is 36.4 Å². The summed E-state index contributed by atoms with van der Waals surface area (Å²) in [5.41, 5.74) is -0.173. The van der Waals surface area contributed by atoms with Gasteiger partial charge in [0, 0.05) is 11.8 Å². The van der Waals surface area contributed by atoms with Gasteiger partial charge in [0.1, 0.15) is 24.6 Å². The van der Waals surface area contributed by atoms with E-state index in [1.165, 1.54) is 11.0 Å². The lowest BCUT2D eigenvalue weighted by molar-refractivity contribution is -0.128. The van der Waals surface area contributed by atoms with Crippen molar-refractivity contribution in [2.45, 2.75) is 11.7 Å². The van der Waals surface area contributed by atoms with Gasteiger partial charge in [-0.05, 0) is 24.3 Å². The molecule has 0 radical (unpaired) electrons. The van der Waals surface area contributed by atoms with Crippen molar-refractivity contribution in [3.8, 4) is 11.5 Å². The van der Waals surface area contributed by atoms with E-state index in [0.29, 0.717) is 30.4 Å². The summed E-state index contributed by atoms with van der Waals surface area (Å²) in [7, 11) is 0. The molecule has 4 atom stereocenters. The van der Waals surface area contributed by atoms with Crippen LogP contribution in [0.3, 0.4) is 0 Å². The number of para-hydroxylation sites is 1. The lowest BCUT2D eigenvalue weighted by Gasteiger charge is -2.24. The van der Waals surface area contributed by atoms with Gasteiger partial charge >= 0.3 is 0 Å². The molecule has 0 unspecified atom stereocenters. The van der Waals surface area contributed by atoms with Crippen molar-refractivity contribution in [2.75, 3.05) is 30.0 Å². The summed E-state index contributed by atoms with van der Waals surface area (Å²) in [6.45, 7) is 1.10. The maximum Gasteiger partial charge on any atom is 0.234 e. The van der Waals surface area contributed by atoms with E-state index >= 15 is 0 Å². The molecule has 2 saturated heterocycles. The van der Waals surface area contributed by atoms with Crippen LogP contribution in [0.15, 0.2) is 54.6 Å². The molecule has 2 aromatic rings. The molecule has 6 rings (SSSR count). The summed E-state index contributed by atoms with van der Waals surface area (Å²) in [5.74, 6) is -1.33. The third kappa shape index (κ3) is 2.68. The van der Waals surface area contributed by atoms with Gasteiger partial charge < -0.3 is 24.4 Å². The molecule has 4 aliphatic rings. The lowest BCUT2D eigenvalue weighted by Crippen LogP contribution is -2.41. The fourth-order valence-electron chi connectivity index (χ4n) is 5.02. The van der Waals surface area contributed by atoms with E-state index in [1.807, 2.05) is 12.2 Å². The number of ether oxygens (including phenoxy) is 3. The van der Waals surface area contributed by atoms with Crippen molar-refractivity contribution < 1.29 is 28.2 Å². The van der Waals surface area contributed by atoms with E-state index in [4.69, 9.17) is 14.2 Å². The molecule has 1 spiro atoms. The molecule has 31 heavy (non-hydrogen) atoms. The first-order valence-corrected chi connectivity index (χ1v) is 10.2. The van der Waals surface area contributed by atoms with Crippen LogP contribution in [0.5, 0.6) is 11.5 Å². The largest absolute Gasteiger partial charge is 0.486 e. The molecular formula is C23H19FN2O5. The standard InChI is InChI=1S/C23H19FN2O5/c24-14-3-1-2-4-15(14)26-12-23-8-7-17(31-23)19(20(23)22(26)28)21(27)25-13-5-6-16-18(11-13)30-10-9-29-16/h1-8,11,17,19-20H,9-10,12H2,(H,25,27)/t17-,19-,20-,23+/m1/s1. The maximum atomic E-state index is 14.4. The molecule has 0 aromatic heterocycles. The van der Waals surface area contributed by atoms with Gasteiger partial charge in [-0.25, -0.2) is 4.39 Å². The zero-order chi connectivity index (χ0) is 21.2. The van der Waals surface area contributed by atoms with Crippen molar-refractivity contribution >= 4 is 23.2 Å². The van der Waals surface area contributed by atoms with Crippen LogP contribution in [0.1, 0.15) is 0 Å². The lowest BCUT2D eigenvalue weighted by atomic mass is 9.77. The third-order valence-electron chi connectivity index (χ3n) is 6.36. The third-order valence-corrected chi connectivity index (χ3v) is 6.36. The van der Waals surface area contributed by atoms with Crippen molar-refractivity contribution in [3.63, 3.8) is 0 Å². The highest BCUT2D eigenvalue weighted by molar-refractivity contribution is 6.05. The summed E-state index contributed by atoms with van der Waals surface area (Å²) in [5, 5.41) is 2.88. The van der Waals surface area contributed by atoms with Crippen molar-refractivity contribution in [1.82, 2.24) is 0 Å². The Morgan fingerprint density at radius 1 is 1.13 bits per heavy atom. The van der Waals surface area contributed by atoms with Crippen molar-refractivity contribution in [1.29, 1.82) is 0 Å². The number of fused-ring (bicyclic) bond motifs is 2. The van der Waals surface area contributed by atoms with E-state index in [2.05, 4.69) is 5.32 Å². The molecular weight excluding hydrogens is 403 g/mol. The quantitative estimate of drug-likeness (QED) is 0.770. The summed E-state index contributed by atoms with van der Waals surface area (Å²) in [6, 6.07) is 11.3. The van der Waals surface area contributed by atoms with E-state index in [-0.39, 0.29) is 24.0 Å². The van der Waals surface area contributed by atoms with Crippen LogP contribution in [-0.4, -0.2) is 43.3 Å². The molecule has 0 aliphatic carbocycles. The Labute approximate surface area is 177 Å². The van der Waals surface area contributed by atoms with Gasteiger partial charge in [0.15, 0.2) is 11.5 Å². The number of rotatable bonds is 3. The van der Waals surface area contributed by atoms with Gasteiger partial charge in [-0.1, -0.05) is 24.3 Å². The Hall–Kier alpha value is -3.39. The number of halogens is 1. The minimum Gasteiger partial charge on any atom is -0.486 e. The molecule has 2 fully saturated rings. The smallest absolute Gasteiger partial charge is 0.234 e. The number of nitrogens with one attached hydrogen (secondary N) is 1. The van der Waals surface area contributed by atoms with Gasteiger partial charge in [-0.2, -0.15) is 0 Å². The fourth-order valence-corrected chi connectivity index (χ4v) is 5.02. The summed E-state index contributed by atoms with van der Waals surface area (Å²) < 4.78 is 31.5. The molecule has 2 amide bonds. The second kappa shape index (κ2) is 6.55. The number of benzene rings is 2. The van der Waals surface area contributed by atoms with Crippen LogP contribution in [0, 0.1) is 17.7 Å². The molecule has 8 heteroatoms. The second-order valence-electron chi connectivity index (χ2n) is 8.12. The van der Waals surface area contributed by atoms with Crippen LogP contribution >= 0.6 is 0 Å². The topological polar surface area (TPSA) is 77.1 Å². The minimum absolute atomic E-state index is 0.179. The Bertz CT molecular complexity index is 1130. The van der Waals surface area contributed by atoms with Crippen LogP contribution in [0.25, 0.3) is 0 Å². The van der Waals surface area contributed by atoms with Gasteiger partial charge in [0.25, 0.3) is 0 Å². The van der Waals surface area contributed by atoms with Crippen LogP contribution in [0.2, 0.25) is 0 Å². The zero-order valence-electron chi connectivity index (χ0n) is 16.4. The number of carbonyl (C=O) groups is 2. The minimum atomic E-state index is -0.918. The molecule has 2 bridgehead atoms. The Kier molecular flexibility index (Phi) is 3.89. The van der Waals surface area contributed by atoms with Gasteiger partial charge in [-0.3, -0.25) is 9.59 Å². The van der Waals surface area contributed by atoms with E-state index in [0.717, 1.165) is 0 Å². The second-order valence-corrected chi connectivity index (χ2v) is 8.12. The SMILES string of the molecule is O=C(Nc1ccc2c(c1)OCCO2)[C@@H]1[C@H]2C=C[C@@]3(CN(c4ccccc4F)C(=O)[C@@H]13)O2. The highest BCUT2D eigenvalue weighted by Crippen LogP contribution is 2.53. The predicted molar refractivity (Wildman–Crippen MR) is 109 cm³/mol. The number of hydrogen-bond donors (Lipinski definition) is 1. The Morgan fingerprint density at radius 2 is 1.94 bits per heavy atom. The molecule has 4 heterocycles. The van der Waals surface area contributed by atoms with Crippen LogP contribution in [-0.2, 0) is 14.3 Å². The van der Waals surface area contributed by atoms with Gasteiger partial charge in [0.05, 0.1) is 30.2 Å². The van der Waals surface area contributed by atoms with Crippen LogP contribution < -0.4 is 19.7 Å². The number of amides is 2. The number of nitrogens with zero attached hydrogens (tertiary/aromatic N) is 1. The molecule has 0 saturated carbocycles. The van der Waals surface area contributed by atoms with E-state index < -0.39 is 29.4 Å². The first-order valence-electron chi connectivity index (χ1n) is 10.2. The highest BCUT2D eigenvalue weighted by atomic mass is 19.1. The average Bonchev–Trinajstić information content (AvgIpc) is 3.42. The monoisotopic (exact) mass is 422 g/mol. The number of anilines is 2. The van der Waals surface area contributed by atoms with Crippen molar-refractivity contribution in [3.05, 3.63) is 60.4 Å². The number of carbonyl (C=O) groups excluding carboxylic acids is 2. The first kappa shape index (κ1) is 18.4. The Balaban J connectivity index is 1.28. The predicted octanol–water partition coefficient (Wildman–Crippen LogP) is 2.52. The van der Waals surface area contributed by atoms with Gasteiger partial charge in [0.2, 0.25) is 11.8 Å². The van der Waals surface area contributed by atoms with Crippen LogP contribution in [0.4, 0.5) is 15.8 Å². The molecule has 1 N–H and O–H groups in total. The fraction of sp³-hybridized carbons (Fsp3) is 0.304. The highest BCUT2D eigenvalue weighted by Gasteiger charge is 2.67. The summed E-state index contributed by atoms with van der Waals surface area (Å²) in [6.07, 6.45) is 3.17. The molecule has 7 nitrogen and oxygen atoms in total. The molecule has 4 aliphatic heterocycles. The maximum absolute atomic E-state index is 14.4. The molecule has 2 aromatic carbocycles. The molecule has 158 valence electrons. The summed E-state index contributed by atoms with van der Waals surface area (Å²) >= 11 is 0. The summed E-state index contributed by atoms with van der Waals surface area (Å²) in [4.78, 5) is 27.9. The zero-order valence-corrected chi connectivity index (χ0v) is 16.4. The van der Waals surface area contributed by atoms with Gasteiger partial charge in [-0.15, -0.1) is 0 Å². The number of hydrogen-bond acceptors (Lipinski definition) is 5. The Morgan fingerprint density at radius 3 is 2.77 bits per heavy atom. The van der Waals surface area contributed by atoms with Crippen molar-refractivity contribution in [2.24, 2.45) is 11.8 Å². The average molecular weight is 422 g/mol. The van der Waals surface area contributed by atoms with E-state index in [9.17, 15) is 14.0 Å². The first-order chi connectivity index (χ1) is 15.1. The normalized spacial score (nSPS) is 29.9.